The molecule has 0 saturated carbocycles. The highest BCUT2D eigenvalue weighted by molar-refractivity contribution is 5.80. The van der Waals surface area contributed by atoms with Crippen LogP contribution in [0.4, 0.5) is 0 Å². The molecule has 2 atom stereocenters. The molecular formula is C18H22N6O. The molecule has 3 aromatic rings. The van der Waals surface area contributed by atoms with Gasteiger partial charge in [0.1, 0.15) is 18.7 Å². The van der Waals surface area contributed by atoms with Crippen molar-refractivity contribution in [1.29, 1.82) is 0 Å². The number of amides is 1. The van der Waals surface area contributed by atoms with Crippen molar-refractivity contribution in [3.05, 3.63) is 66.0 Å². The Hall–Kier alpha value is -2.96. The quantitative estimate of drug-likeness (QED) is 0.747. The number of benzene rings is 1. The molecule has 0 radical (unpaired) electrons. The van der Waals surface area contributed by atoms with Gasteiger partial charge in [-0.2, -0.15) is 10.2 Å². The third-order valence-electron chi connectivity index (χ3n) is 4.15. The fraction of sp³-hybridized carbons (Fsp3) is 0.333. The van der Waals surface area contributed by atoms with Crippen LogP contribution in [-0.2, 0) is 11.3 Å². The van der Waals surface area contributed by atoms with E-state index in [0.717, 1.165) is 17.0 Å². The Kier molecular flexibility index (Phi) is 4.92. The molecule has 0 fully saturated rings. The minimum Gasteiger partial charge on any atom is -0.346 e. The number of hydrogen-bond acceptors (Lipinski definition) is 4. The summed E-state index contributed by atoms with van der Waals surface area (Å²) in [5, 5.41) is 11.7. The molecule has 1 amide bonds. The van der Waals surface area contributed by atoms with E-state index in [1.54, 1.807) is 15.7 Å². The summed E-state index contributed by atoms with van der Waals surface area (Å²) in [5.74, 6) is -0.0832. The van der Waals surface area contributed by atoms with Gasteiger partial charge in [-0.1, -0.05) is 30.3 Å². The van der Waals surface area contributed by atoms with Gasteiger partial charge in [-0.3, -0.25) is 14.2 Å². The van der Waals surface area contributed by atoms with Crippen LogP contribution in [-0.4, -0.2) is 30.5 Å². The highest BCUT2D eigenvalue weighted by atomic mass is 16.2. The maximum atomic E-state index is 12.8. The van der Waals surface area contributed by atoms with Gasteiger partial charge in [0.2, 0.25) is 5.91 Å². The fourth-order valence-corrected chi connectivity index (χ4v) is 2.88. The number of nitrogens with zero attached hydrogens (tertiary/aromatic N) is 5. The summed E-state index contributed by atoms with van der Waals surface area (Å²) in [7, 11) is 0. The zero-order chi connectivity index (χ0) is 17.8. The molecule has 0 saturated heterocycles. The van der Waals surface area contributed by atoms with E-state index in [4.69, 9.17) is 0 Å². The second kappa shape index (κ2) is 7.29. The molecule has 7 heteroatoms. The van der Waals surface area contributed by atoms with Gasteiger partial charge in [0.05, 0.1) is 18.3 Å². The first kappa shape index (κ1) is 16.9. The number of carbonyl (C=O) groups excluding carboxylic acids is 1. The summed E-state index contributed by atoms with van der Waals surface area (Å²) < 4.78 is 3.47. The monoisotopic (exact) mass is 338 g/mol. The fourth-order valence-electron chi connectivity index (χ4n) is 2.88. The van der Waals surface area contributed by atoms with Crippen LogP contribution >= 0.6 is 0 Å². The number of carbonyl (C=O) groups is 1. The van der Waals surface area contributed by atoms with E-state index in [1.165, 1.54) is 6.33 Å². The first-order valence-corrected chi connectivity index (χ1v) is 8.25. The molecule has 25 heavy (non-hydrogen) atoms. The van der Waals surface area contributed by atoms with Crippen LogP contribution in [0.15, 0.2) is 49.1 Å². The van der Waals surface area contributed by atoms with Crippen LogP contribution in [0.1, 0.15) is 36.0 Å². The highest BCUT2D eigenvalue weighted by Crippen LogP contribution is 2.17. The van der Waals surface area contributed by atoms with Gasteiger partial charge >= 0.3 is 0 Å². The lowest BCUT2D eigenvalue weighted by atomic mass is 10.1. The van der Waals surface area contributed by atoms with Crippen LogP contribution in [0.2, 0.25) is 0 Å². The van der Waals surface area contributed by atoms with Crippen LogP contribution in [0, 0.1) is 13.8 Å². The van der Waals surface area contributed by atoms with Gasteiger partial charge in [0.25, 0.3) is 0 Å². The largest absolute Gasteiger partial charge is 0.346 e. The molecule has 0 aliphatic heterocycles. The minimum atomic E-state index is -0.393. The number of hydrogen-bond donors (Lipinski definition) is 1. The first-order valence-electron chi connectivity index (χ1n) is 8.25. The third kappa shape index (κ3) is 3.93. The second-order valence-corrected chi connectivity index (χ2v) is 6.14. The predicted molar refractivity (Wildman–Crippen MR) is 93.8 cm³/mol. The van der Waals surface area contributed by atoms with Crippen LogP contribution in [0.5, 0.6) is 0 Å². The van der Waals surface area contributed by atoms with Crippen molar-refractivity contribution in [1.82, 2.24) is 29.9 Å². The van der Waals surface area contributed by atoms with Crippen molar-refractivity contribution in [2.75, 3.05) is 0 Å². The maximum Gasteiger partial charge on any atom is 0.245 e. The molecule has 0 aliphatic carbocycles. The number of aromatic nitrogens is 5. The summed E-state index contributed by atoms with van der Waals surface area (Å²) >= 11 is 0. The molecule has 130 valence electrons. The van der Waals surface area contributed by atoms with E-state index in [2.05, 4.69) is 20.5 Å². The molecule has 2 aromatic heterocycles. The van der Waals surface area contributed by atoms with Crippen molar-refractivity contribution < 1.29 is 4.79 Å². The Balaban J connectivity index is 1.79. The van der Waals surface area contributed by atoms with E-state index in [0.29, 0.717) is 6.54 Å². The van der Waals surface area contributed by atoms with Gasteiger partial charge in [-0.15, -0.1) is 0 Å². The van der Waals surface area contributed by atoms with Gasteiger partial charge in [-0.25, -0.2) is 4.98 Å². The molecule has 7 nitrogen and oxygen atoms in total. The van der Waals surface area contributed by atoms with Crippen molar-refractivity contribution in [3.8, 4) is 0 Å². The van der Waals surface area contributed by atoms with Crippen LogP contribution in [0.25, 0.3) is 0 Å². The zero-order valence-corrected chi connectivity index (χ0v) is 14.6. The van der Waals surface area contributed by atoms with E-state index in [1.807, 2.05) is 57.2 Å². The molecule has 1 aromatic carbocycles. The van der Waals surface area contributed by atoms with Crippen molar-refractivity contribution >= 4 is 5.91 Å². The Morgan fingerprint density at radius 1 is 1.24 bits per heavy atom. The standard InChI is InChI=1S/C18H22N6O/c1-13-9-14(2)24(22-13)15(3)18(25)21-17(10-23-12-19-11-20-23)16-7-5-4-6-8-16/h4-9,11-12,15,17H,10H2,1-3H3,(H,21,25)/t15-,17-/m1/s1. The molecule has 0 bridgehead atoms. The average Bonchev–Trinajstić information content (AvgIpc) is 3.23. The highest BCUT2D eigenvalue weighted by Gasteiger charge is 2.22. The van der Waals surface area contributed by atoms with Gasteiger partial charge in [-0.05, 0) is 32.4 Å². The molecule has 0 unspecified atom stereocenters. The van der Waals surface area contributed by atoms with Crippen LogP contribution < -0.4 is 5.32 Å². The molecule has 1 N–H and O–H groups in total. The normalized spacial score (nSPS) is 13.4. The Morgan fingerprint density at radius 2 is 2.00 bits per heavy atom. The molecule has 0 spiro atoms. The SMILES string of the molecule is Cc1cc(C)n([C@H](C)C(=O)N[C@H](Cn2cncn2)c2ccccc2)n1. The maximum absolute atomic E-state index is 12.8. The Bertz CT molecular complexity index is 825. The lowest BCUT2D eigenvalue weighted by Crippen LogP contribution is -2.36. The molecule has 0 aliphatic rings. The van der Waals surface area contributed by atoms with Crippen molar-refractivity contribution in [2.45, 2.75) is 39.4 Å². The lowest BCUT2D eigenvalue weighted by Gasteiger charge is -2.22. The summed E-state index contributed by atoms with van der Waals surface area (Å²) in [5.41, 5.74) is 2.89. The van der Waals surface area contributed by atoms with Gasteiger partial charge in [0.15, 0.2) is 0 Å². The zero-order valence-electron chi connectivity index (χ0n) is 14.6. The first-order chi connectivity index (χ1) is 12.0. The Morgan fingerprint density at radius 3 is 2.60 bits per heavy atom. The summed E-state index contributed by atoms with van der Waals surface area (Å²) in [6, 6.07) is 11.2. The average molecular weight is 338 g/mol. The topological polar surface area (TPSA) is 77.6 Å². The summed E-state index contributed by atoms with van der Waals surface area (Å²) in [4.78, 5) is 16.8. The lowest BCUT2D eigenvalue weighted by molar-refractivity contribution is -0.125. The number of rotatable bonds is 6. The van der Waals surface area contributed by atoms with E-state index in [9.17, 15) is 4.79 Å². The van der Waals surface area contributed by atoms with Crippen molar-refractivity contribution in [3.63, 3.8) is 0 Å². The number of aryl methyl sites for hydroxylation is 2. The van der Waals surface area contributed by atoms with E-state index < -0.39 is 6.04 Å². The molecular weight excluding hydrogens is 316 g/mol. The summed E-state index contributed by atoms with van der Waals surface area (Å²) in [6.45, 7) is 6.24. The van der Waals surface area contributed by atoms with E-state index >= 15 is 0 Å². The third-order valence-corrected chi connectivity index (χ3v) is 4.15. The number of nitrogens with one attached hydrogen (secondary N) is 1. The smallest absolute Gasteiger partial charge is 0.245 e. The Labute approximate surface area is 146 Å². The predicted octanol–water partition coefficient (Wildman–Crippen LogP) is 2.21. The van der Waals surface area contributed by atoms with Gasteiger partial charge in [0, 0.05) is 5.69 Å². The minimum absolute atomic E-state index is 0.0832. The van der Waals surface area contributed by atoms with E-state index in [-0.39, 0.29) is 11.9 Å². The summed E-state index contributed by atoms with van der Waals surface area (Å²) in [6.07, 6.45) is 3.13. The van der Waals surface area contributed by atoms with Crippen LogP contribution in [0.3, 0.4) is 0 Å². The van der Waals surface area contributed by atoms with Gasteiger partial charge < -0.3 is 5.32 Å². The molecule has 2 heterocycles. The second-order valence-electron chi connectivity index (χ2n) is 6.14. The molecule has 3 rings (SSSR count). The van der Waals surface area contributed by atoms with Crippen molar-refractivity contribution in [2.24, 2.45) is 0 Å².